The normalized spacial score (nSPS) is 35.1. The summed E-state index contributed by atoms with van der Waals surface area (Å²) in [5, 5.41) is 0. The van der Waals surface area contributed by atoms with Crippen LogP contribution in [0, 0.1) is 5.41 Å². The SMILES string of the molecule is CCCC1(CN2CC3CCCCN3CC2CC)CC1. The summed E-state index contributed by atoms with van der Waals surface area (Å²) in [6.45, 7) is 10.2. The van der Waals surface area contributed by atoms with Crippen LogP contribution in [0.3, 0.4) is 0 Å². The van der Waals surface area contributed by atoms with Gasteiger partial charge in [-0.2, -0.15) is 0 Å². The van der Waals surface area contributed by atoms with Gasteiger partial charge in [-0.1, -0.05) is 26.7 Å². The van der Waals surface area contributed by atoms with Gasteiger partial charge in [-0.25, -0.2) is 0 Å². The average Bonchev–Trinajstić information content (AvgIpc) is 3.18. The molecule has 0 aromatic carbocycles. The molecule has 2 unspecified atom stereocenters. The van der Waals surface area contributed by atoms with Crippen LogP contribution in [0.25, 0.3) is 0 Å². The molecule has 1 saturated carbocycles. The van der Waals surface area contributed by atoms with Gasteiger partial charge in [0.1, 0.15) is 0 Å². The van der Waals surface area contributed by atoms with E-state index in [1.54, 1.807) is 0 Å². The molecule has 2 heteroatoms. The maximum absolute atomic E-state index is 2.88. The molecule has 2 aliphatic heterocycles. The van der Waals surface area contributed by atoms with Crippen LogP contribution < -0.4 is 0 Å². The van der Waals surface area contributed by atoms with E-state index in [-0.39, 0.29) is 0 Å². The Morgan fingerprint density at radius 2 is 1.95 bits per heavy atom. The van der Waals surface area contributed by atoms with E-state index >= 15 is 0 Å². The fraction of sp³-hybridized carbons (Fsp3) is 1.00. The highest BCUT2D eigenvalue weighted by atomic mass is 15.3. The van der Waals surface area contributed by atoms with E-state index in [2.05, 4.69) is 23.6 Å². The Morgan fingerprint density at radius 3 is 2.63 bits per heavy atom. The number of hydrogen-bond acceptors (Lipinski definition) is 2. The maximum Gasteiger partial charge on any atom is 0.0223 e. The highest BCUT2D eigenvalue weighted by molar-refractivity contribution is 4.99. The molecule has 0 radical (unpaired) electrons. The molecular formula is C17H32N2. The summed E-state index contributed by atoms with van der Waals surface area (Å²) in [4.78, 5) is 5.68. The highest BCUT2D eigenvalue weighted by Gasteiger charge is 2.45. The molecule has 2 saturated heterocycles. The number of piperazine rings is 1. The summed E-state index contributed by atoms with van der Waals surface area (Å²) in [6, 6.07) is 1.72. The predicted molar refractivity (Wildman–Crippen MR) is 81.4 cm³/mol. The van der Waals surface area contributed by atoms with Crippen LogP contribution in [-0.4, -0.2) is 48.1 Å². The van der Waals surface area contributed by atoms with Crippen molar-refractivity contribution in [3.63, 3.8) is 0 Å². The Labute approximate surface area is 119 Å². The molecule has 0 aromatic heterocycles. The molecular weight excluding hydrogens is 232 g/mol. The molecule has 3 fully saturated rings. The van der Waals surface area contributed by atoms with Crippen molar-refractivity contribution in [2.24, 2.45) is 5.41 Å². The van der Waals surface area contributed by atoms with E-state index in [9.17, 15) is 0 Å². The topological polar surface area (TPSA) is 6.48 Å². The van der Waals surface area contributed by atoms with E-state index in [0.717, 1.165) is 17.5 Å². The van der Waals surface area contributed by atoms with Crippen molar-refractivity contribution < 1.29 is 0 Å². The number of nitrogens with zero attached hydrogens (tertiary/aromatic N) is 2. The molecule has 2 atom stereocenters. The number of fused-ring (bicyclic) bond motifs is 1. The summed E-state index contributed by atoms with van der Waals surface area (Å²) >= 11 is 0. The lowest BCUT2D eigenvalue weighted by molar-refractivity contribution is -0.00309. The van der Waals surface area contributed by atoms with Gasteiger partial charge in [0.2, 0.25) is 0 Å². The van der Waals surface area contributed by atoms with Gasteiger partial charge in [0, 0.05) is 31.7 Å². The first-order valence-corrected chi connectivity index (χ1v) is 8.74. The van der Waals surface area contributed by atoms with Gasteiger partial charge < -0.3 is 0 Å². The lowest BCUT2D eigenvalue weighted by Gasteiger charge is -2.49. The minimum absolute atomic E-state index is 0.735. The molecule has 3 rings (SSSR count). The fourth-order valence-corrected chi connectivity index (χ4v) is 4.52. The zero-order valence-corrected chi connectivity index (χ0v) is 13.0. The fourth-order valence-electron chi connectivity index (χ4n) is 4.52. The van der Waals surface area contributed by atoms with Crippen molar-refractivity contribution in [1.82, 2.24) is 9.80 Å². The average molecular weight is 264 g/mol. The van der Waals surface area contributed by atoms with E-state index in [4.69, 9.17) is 0 Å². The molecule has 2 heterocycles. The molecule has 0 aromatic rings. The third-order valence-electron chi connectivity index (χ3n) is 5.90. The Hall–Kier alpha value is -0.0800. The van der Waals surface area contributed by atoms with E-state index in [1.807, 2.05) is 0 Å². The van der Waals surface area contributed by atoms with Crippen molar-refractivity contribution in [2.75, 3.05) is 26.2 Å². The number of rotatable bonds is 5. The third kappa shape index (κ3) is 3.00. The van der Waals surface area contributed by atoms with Crippen molar-refractivity contribution in [3.8, 4) is 0 Å². The minimum Gasteiger partial charge on any atom is -0.298 e. The molecule has 2 nitrogen and oxygen atoms in total. The molecule has 0 spiro atoms. The second-order valence-electron chi connectivity index (χ2n) is 7.39. The molecule has 19 heavy (non-hydrogen) atoms. The monoisotopic (exact) mass is 264 g/mol. The second kappa shape index (κ2) is 5.73. The van der Waals surface area contributed by atoms with Crippen molar-refractivity contribution >= 4 is 0 Å². The summed E-state index contributed by atoms with van der Waals surface area (Å²) in [6.07, 6.45) is 11.5. The standard InChI is InChI=1S/C17H32N2/c1-3-8-17(9-10-17)14-19-13-16-7-5-6-11-18(16)12-15(19)4-2/h15-16H,3-14H2,1-2H3. The Morgan fingerprint density at radius 1 is 1.11 bits per heavy atom. The van der Waals surface area contributed by atoms with E-state index in [0.29, 0.717) is 0 Å². The van der Waals surface area contributed by atoms with Crippen LogP contribution >= 0.6 is 0 Å². The lowest BCUT2D eigenvalue weighted by atomic mass is 9.93. The summed E-state index contributed by atoms with van der Waals surface area (Å²) < 4.78 is 0. The zero-order chi connectivity index (χ0) is 13.3. The summed E-state index contributed by atoms with van der Waals surface area (Å²) in [7, 11) is 0. The predicted octanol–water partition coefficient (Wildman–Crippen LogP) is 3.52. The summed E-state index contributed by atoms with van der Waals surface area (Å²) in [5.74, 6) is 0. The van der Waals surface area contributed by atoms with Gasteiger partial charge in [0.05, 0.1) is 0 Å². The van der Waals surface area contributed by atoms with E-state index < -0.39 is 0 Å². The first-order chi connectivity index (χ1) is 9.26. The van der Waals surface area contributed by atoms with Crippen LogP contribution in [0.4, 0.5) is 0 Å². The lowest BCUT2D eigenvalue weighted by Crippen LogP contribution is -2.60. The number of piperidine rings is 1. The molecule has 1 aliphatic carbocycles. The van der Waals surface area contributed by atoms with Crippen LogP contribution in [0.5, 0.6) is 0 Å². The molecule has 110 valence electrons. The third-order valence-corrected chi connectivity index (χ3v) is 5.90. The van der Waals surface area contributed by atoms with Crippen LogP contribution in [0.1, 0.15) is 65.2 Å². The van der Waals surface area contributed by atoms with Gasteiger partial charge in [0.25, 0.3) is 0 Å². The smallest absolute Gasteiger partial charge is 0.0223 e. The minimum atomic E-state index is 0.735. The van der Waals surface area contributed by atoms with Gasteiger partial charge in [0.15, 0.2) is 0 Å². The molecule has 0 amide bonds. The van der Waals surface area contributed by atoms with Crippen LogP contribution in [0.2, 0.25) is 0 Å². The zero-order valence-electron chi connectivity index (χ0n) is 13.0. The Balaban J connectivity index is 1.62. The molecule has 0 bridgehead atoms. The summed E-state index contributed by atoms with van der Waals surface area (Å²) in [5.41, 5.74) is 0.735. The molecule has 0 N–H and O–H groups in total. The van der Waals surface area contributed by atoms with Gasteiger partial charge in [-0.15, -0.1) is 0 Å². The van der Waals surface area contributed by atoms with Crippen molar-refractivity contribution in [1.29, 1.82) is 0 Å². The van der Waals surface area contributed by atoms with Crippen molar-refractivity contribution in [2.45, 2.75) is 77.3 Å². The van der Waals surface area contributed by atoms with Gasteiger partial charge in [-0.05, 0) is 50.5 Å². The van der Waals surface area contributed by atoms with Gasteiger partial charge >= 0.3 is 0 Å². The van der Waals surface area contributed by atoms with Gasteiger partial charge in [-0.3, -0.25) is 9.80 Å². The number of hydrogen-bond donors (Lipinski definition) is 0. The Kier molecular flexibility index (Phi) is 4.19. The quantitative estimate of drug-likeness (QED) is 0.749. The maximum atomic E-state index is 2.88. The van der Waals surface area contributed by atoms with Crippen LogP contribution in [-0.2, 0) is 0 Å². The van der Waals surface area contributed by atoms with Crippen molar-refractivity contribution in [3.05, 3.63) is 0 Å². The highest BCUT2D eigenvalue weighted by Crippen LogP contribution is 2.50. The largest absolute Gasteiger partial charge is 0.298 e. The first-order valence-electron chi connectivity index (χ1n) is 8.74. The first kappa shape index (κ1) is 13.9. The Bertz CT molecular complexity index is 298. The van der Waals surface area contributed by atoms with E-state index in [1.165, 1.54) is 77.5 Å². The van der Waals surface area contributed by atoms with Crippen LogP contribution in [0.15, 0.2) is 0 Å². The molecule has 3 aliphatic rings. The second-order valence-corrected chi connectivity index (χ2v) is 7.39.